The van der Waals surface area contributed by atoms with Crippen LogP contribution in [-0.4, -0.2) is 59.6 Å². The van der Waals surface area contributed by atoms with Gasteiger partial charge in [0.2, 0.25) is 0 Å². The Morgan fingerprint density at radius 1 is 1.48 bits per heavy atom. The summed E-state index contributed by atoms with van der Waals surface area (Å²) in [5, 5.41) is 4.20. The van der Waals surface area contributed by atoms with E-state index in [1.54, 1.807) is 0 Å². The van der Waals surface area contributed by atoms with E-state index in [0.29, 0.717) is 12.0 Å². The van der Waals surface area contributed by atoms with E-state index < -0.39 is 0 Å². The number of aryl methyl sites for hydroxylation is 1. The molecule has 1 aromatic heterocycles. The van der Waals surface area contributed by atoms with Crippen molar-refractivity contribution in [2.75, 3.05) is 33.2 Å². The lowest BCUT2D eigenvalue weighted by atomic mass is 9.97. The highest BCUT2D eigenvalue weighted by molar-refractivity contribution is 6.30. The van der Waals surface area contributed by atoms with Crippen molar-refractivity contribution >= 4 is 17.6 Å². The molecular weight excluding hydrogens is 334 g/mol. The van der Waals surface area contributed by atoms with Crippen molar-refractivity contribution in [2.24, 2.45) is 18.0 Å². The van der Waals surface area contributed by atoms with Crippen LogP contribution in [0.3, 0.4) is 0 Å². The number of hydrogen-bond acceptors (Lipinski definition) is 2. The van der Waals surface area contributed by atoms with Gasteiger partial charge >= 0.3 is 0 Å². The highest BCUT2D eigenvalue weighted by Crippen LogP contribution is 2.19. The second-order valence-corrected chi connectivity index (χ2v) is 7.84. The largest absolute Gasteiger partial charge is 0.357 e. The van der Waals surface area contributed by atoms with Crippen LogP contribution >= 0.6 is 11.6 Å². The van der Waals surface area contributed by atoms with Crippen LogP contribution in [0.4, 0.5) is 0 Å². The Morgan fingerprint density at radius 2 is 2.24 bits per heavy atom. The van der Waals surface area contributed by atoms with Gasteiger partial charge in [-0.1, -0.05) is 11.6 Å². The summed E-state index contributed by atoms with van der Waals surface area (Å²) in [5.74, 6) is 1.63. The van der Waals surface area contributed by atoms with Gasteiger partial charge in [0.25, 0.3) is 0 Å². The maximum absolute atomic E-state index is 6.10. The van der Waals surface area contributed by atoms with E-state index in [4.69, 9.17) is 16.6 Å². The molecule has 0 radical (unpaired) electrons. The number of aliphatic imine (C=N–C) groups is 1. The molecule has 2 rings (SSSR count). The Bertz CT molecular complexity index is 566. The van der Waals surface area contributed by atoms with Crippen molar-refractivity contribution in [2.45, 2.75) is 46.2 Å². The molecule has 142 valence electrons. The van der Waals surface area contributed by atoms with Crippen molar-refractivity contribution in [3.05, 3.63) is 23.0 Å². The molecule has 1 aliphatic heterocycles. The van der Waals surface area contributed by atoms with Crippen LogP contribution < -0.4 is 5.32 Å². The first-order valence-corrected chi connectivity index (χ1v) is 9.82. The normalized spacial score (nSPS) is 19.5. The zero-order valence-corrected chi connectivity index (χ0v) is 17.2. The summed E-state index contributed by atoms with van der Waals surface area (Å²) in [7, 11) is 4.12. The third kappa shape index (κ3) is 5.93. The number of aromatic nitrogens is 1. The van der Waals surface area contributed by atoms with E-state index in [9.17, 15) is 0 Å². The van der Waals surface area contributed by atoms with Gasteiger partial charge in [0, 0.05) is 51.7 Å². The van der Waals surface area contributed by atoms with Crippen molar-refractivity contribution in [1.82, 2.24) is 19.7 Å². The quantitative estimate of drug-likeness (QED) is 0.619. The lowest BCUT2D eigenvalue weighted by molar-refractivity contribution is 0.143. The average Bonchev–Trinajstić information content (AvgIpc) is 2.88. The molecule has 0 saturated carbocycles. The van der Waals surface area contributed by atoms with E-state index in [0.717, 1.165) is 37.2 Å². The summed E-state index contributed by atoms with van der Waals surface area (Å²) < 4.78 is 2.07. The molecule has 0 amide bonds. The zero-order valence-electron chi connectivity index (χ0n) is 16.4. The lowest BCUT2D eigenvalue weighted by Crippen LogP contribution is -2.42. The van der Waals surface area contributed by atoms with E-state index in [2.05, 4.69) is 47.5 Å². The maximum Gasteiger partial charge on any atom is 0.194 e. The second-order valence-electron chi connectivity index (χ2n) is 7.41. The first-order chi connectivity index (χ1) is 11.9. The third-order valence-electron chi connectivity index (χ3n) is 4.95. The number of rotatable bonds is 6. The summed E-state index contributed by atoms with van der Waals surface area (Å²) in [6.07, 6.45) is 4.51. The molecule has 1 atom stereocenters. The minimum atomic E-state index is 0.629. The third-order valence-corrected chi connectivity index (χ3v) is 5.16. The first-order valence-electron chi connectivity index (χ1n) is 9.45. The molecule has 0 aromatic carbocycles. The molecule has 25 heavy (non-hydrogen) atoms. The first kappa shape index (κ1) is 20.1. The van der Waals surface area contributed by atoms with Crippen LogP contribution in [0.1, 0.15) is 39.3 Å². The van der Waals surface area contributed by atoms with Crippen molar-refractivity contribution in [3.8, 4) is 0 Å². The summed E-state index contributed by atoms with van der Waals surface area (Å²) in [4.78, 5) is 9.68. The molecule has 0 spiro atoms. The van der Waals surface area contributed by atoms with Crippen LogP contribution in [0.15, 0.2) is 17.3 Å². The van der Waals surface area contributed by atoms with Gasteiger partial charge < -0.3 is 19.7 Å². The minimum absolute atomic E-state index is 0.629. The number of nitrogens with one attached hydrogen (secondary N) is 1. The van der Waals surface area contributed by atoms with Crippen LogP contribution in [-0.2, 0) is 13.6 Å². The zero-order chi connectivity index (χ0) is 18.4. The lowest BCUT2D eigenvalue weighted by Gasteiger charge is -2.35. The Kier molecular flexibility index (Phi) is 7.63. The summed E-state index contributed by atoms with van der Waals surface area (Å²) in [6.45, 7) is 11.6. The SMILES string of the molecule is CCNC(=NCC1CCCN(C(C)C)C1)N(C)Cc1cc(Cl)cn1C. The van der Waals surface area contributed by atoms with Crippen LogP contribution in [0, 0.1) is 5.92 Å². The predicted molar refractivity (Wildman–Crippen MR) is 107 cm³/mol. The smallest absolute Gasteiger partial charge is 0.194 e. The number of guanidine groups is 1. The highest BCUT2D eigenvalue weighted by atomic mass is 35.5. The monoisotopic (exact) mass is 367 g/mol. The molecule has 1 aromatic rings. The van der Waals surface area contributed by atoms with Gasteiger partial charge in [-0.25, -0.2) is 0 Å². The van der Waals surface area contributed by atoms with Gasteiger partial charge in [-0.05, 0) is 52.1 Å². The number of hydrogen-bond donors (Lipinski definition) is 1. The minimum Gasteiger partial charge on any atom is -0.357 e. The maximum atomic E-state index is 6.10. The number of piperidine rings is 1. The van der Waals surface area contributed by atoms with Crippen LogP contribution in [0.25, 0.3) is 0 Å². The second kappa shape index (κ2) is 9.48. The topological polar surface area (TPSA) is 35.8 Å². The van der Waals surface area contributed by atoms with Gasteiger partial charge in [0.1, 0.15) is 0 Å². The van der Waals surface area contributed by atoms with E-state index >= 15 is 0 Å². The molecular formula is C19H34ClN5. The fourth-order valence-corrected chi connectivity index (χ4v) is 3.71. The van der Waals surface area contributed by atoms with E-state index in [-0.39, 0.29) is 0 Å². The van der Waals surface area contributed by atoms with Crippen LogP contribution in [0.2, 0.25) is 5.02 Å². The van der Waals surface area contributed by atoms with Crippen molar-refractivity contribution in [1.29, 1.82) is 0 Å². The van der Waals surface area contributed by atoms with Gasteiger partial charge in [-0.15, -0.1) is 0 Å². The van der Waals surface area contributed by atoms with Gasteiger partial charge in [-0.3, -0.25) is 4.99 Å². The Balaban J connectivity index is 1.98. The predicted octanol–water partition coefficient (Wildman–Crippen LogP) is 3.20. The molecule has 1 N–H and O–H groups in total. The van der Waals surface area contributed by atoms with Gasteiger partial charge in [0.05, 0.1) is 11.6 Å². The number of nitrogens with zero attached hydrogens (tertiary/aromatic N) is 4. The fraction of sp³-hybridized carbons (Fsp3) is 0.737. The number of halogens is 1. The summed E-state index contributed by atoms with van der Waals surface area (Å²) in [6, 6.07) is 2.65. The molecule has 0 bridgehead atoms. The fourth-order valence-electron chi connectivity index (χ4n) is 3.44. The Morgan fingerprint density at radius 3 is 2.84 bits per heavy atom. The van der Waals surface area contributed by atoms with Crippen molar-refractivity contribution in [3.63, 3.8) is 0 Å². The number of likely N-dealkylation sites (tertiary alicyclic amines) is 1. The highest BCUT2D eigenvalue weighted by Gasteiger charge is 2.21. The molecule has 5 nitrogen and oxygen atoms in total. The van der Waals surface area contributed by atoms with Gasteiger partial charge in [0.15, 0.2) is 5.96 Å². The van der Waals surface area contributed by atoms with E-state index in [1.165, 1.54) is 25.1 Å². The molecule has 1 aliphatic rings. The summed E-state index contributed by atoms with van der Waals surface area (Å²) >= 11 is 6.10. The van der Waals surface area contributed by atoms with Gasteiger partial charge in [-0.2, -0.15) is 0 Å². The molecule has 1 unspecified atom stereocenters. The molecule has 0 aliphatic carbocycles. The average molecular weight is 368 g/mol. The molecule has 1 saturated heterocycles. The molecule has 6 heteroatoms. The molecule has 1 fully saturated rings. The van der Waals surface area contributed by atoms with E-state index in [1.807, 2.05) is 19.3 Å². The van der Waals surface area contributed by atoms with Crippen LogP contribution in [0.5, 0.6) is 0 Å². The Hall–Kier alpha value is -1.20. The summed E-state index contributed by atoms with van der Waals surface area (Å²) in [5.41, 5.74) is 1.18. The Labute approximate surface area is 158 Å². The molecule has 2 heterocycles. The standard InChI is InChI=1S/C19H34ClN5/c1-6-21-19(24(5)14-18-10-17(20)13-23(18)4)22-11-16-8-7-9-25(12-16)15(2)3/h10,13,15-16H,6-9,11-12,14H2,1-5H3,(H,21,22). The van der Waals surface area contributed by atoms with Crippen molar-refractivity contribution < 1.29 is 0 Å².